The van der Waals surface area contributed by atoms with E-state index in [1.165, 1.54) is 29.4 Å². The molecular formula is C12H18ClN3O4S. The second kappa shape index (κ2) is 6.69. The van der Waals surface area contributed by atoms with Gasteiger partial charge in [0.1, 0.15) is 0 Å². The number of nitro benzene ring substituents is 1. The molecule has 0 aliphatic carbocycles. The Bertz CT molecular complexity index is 635. The van der Waals surface area contributed by atoms with Crippen LogP contribution >= 0.6 is 12.4 Å². The van der Waals surface area contributed by atoms with E-state index in [4.69, 9.17) is 0 Å². The Kier molecular flexibility index (Phi) is 5.68. The van der Waals surface area contributed by atoms with Gasteiger partial charge in [0.2, 0.25) is 10.0 Å². The van der Waals surface area contributed by atoms with Gasteiger partial charge in [-0.3, -0.25) is 10.1 Å². The minimum Gasteiger partial charge on any atom is -0.312 e. The smallest absolute Gasteiger partial charge is 0.273 e. The first kappa shape index (κ1) is 17.8. The van der Waals surface area contributed by atoms with Gasteiger partial charge in [0, 0.05) is 37.3 Å². The van der Waals surface area contributed by atoms with Crippen LogP contribution in [-0.4, -0.2) is 43.3 Å². The zero-order chi connectivity index (χ0) is 14.9. The summed E-state index contributed by atoms with van der Waals surface area (Å²) in [5.41, 5.74) is 0.0120. The molecule has 0 radical (unpaired) electrons. The third kappa shape index (κ3) is 3.52. The molecule has 7 nitrogen and oxygen atoms in total. The molecule has 1 saturated heterocycles. The molecule has 0 bridgehead atoms. The number of nitrogens with one attached hydrogen (secondary N) is 1. The summed E-state index contributed by atoms with van der Waals surface area (Å²) in [5, 5.41) is 14.1. The Morgan fingerprint density at radius 2 is 2.10 bits per heavy atom. The van der Waals surface area contributed by atoms with Gasteiger partial charge in [-0.25, -0.2) is 8.42 Å². The Morgan fingerprint density at radius 3 is 2.67 bits per heavy atom. The van der Waals surface area contributed by atoms with Crippen LogP contribution < -0.4 is 5.32 Å². The molecule has 1 atom stereocenters. The van der Waals surface area contributed by atoms with Crippen LogP contribution in [0.15, 0.2) is 23.1 Å². The molecule has 21 heavy (non-hydrogen) atoms. The lowest BCUT2D eigenvalue weighted by atomic mass is 10.2. The van der Waals surface area contributed by atoms with Crippen molar-refractivity contribution in [1.82, 2.24) is 9.62 Å². The highest BCUT2D eigenvalue weighted by atomic mass is 35.5. The first-order valence-electron chi connectivity index (χ1n) is 6.31. The van der Waals surface area contributed by atoms with Gasteiger partial charge in [0.05, 0.1) is 9.82 Å². The van der Waals surface area contributed by atoms with Crippen LogP contribution in [0.1, 0.15) is 12.5 Å². The summed E-state index contributed by atoms with van der Waals surface area (Å²) >= 11 is 0. The standard InChI is InChI=1S/C12H17N3O4S.ClH/c1-9-8-14(7-6-13-9)20(18,19)12-5-3-4-11(10(12)2)15(16)17;/h3-5,9,13H,6-8H2,1-2H3;1H. The van der Waals surface area contributed by atoms with Gasteiger partial charge in [0.25, 0.3) is 5.69 Å². The molecule has 2 rings (SSSR count). The van der Waals surface area contributed by atoms with Crippen molar-refractivity contribution in [3.8, 4) is 0 Å². The van der Waals surface area contributed by atoms with Crippen LogP contribution in [0.3, 0.4) is 0 Å². The lowest BCUT2D eigenvalue weighted by Gasteiger charge is -2.31. The van der Waals surface area contributed by atoms with E-state index in [0.717, 1.165) is 0 Å². The summed E-state index contributed by atoms with van der Waals surface area (Å²) in [4.78, 5) is 10.4. The molecule has 0 aromatic heterocycles. The van der Waals surface area contributed by atoms with Crippen molar-refractivity contribution in [3.05, 3.63) is 33.9 Å². The number of piperazine rings is 1. The highest BCUT2D eigenvalue weighted by molar-refractivity contribution is 7.89. The maximum atomic E-state index is 12.6. The summed E-state index contributed by atoms with van der Waals surface area (Å²) in [7, 11) is -3.69. The quantitative estimate of drug-likeness (QED) is 0.664. The number of halogens is 1. The van der Waals surface area contributed by atoms with E-state index in [0.29, 0.717) is 19.6 Å². The average molecular weight is 336 g/mol. The molecule has 1 aliphatic heterocycles. The molecule has 1 unspecified atom stereocenters. The molecule has 1 aromatic carbocycles. The molecule has 1 N–H and O–H groups in total. The largest absolute Gasteiger partial charge is 0.312 e. The van der Waals surface area contributed by atoms with Crippen molar-refractivity contribution < 1.29 is 13.3 Å². The number of hydrogen-bond donors (Lipinski definition) is 1. The monoisotopic (exact) mass is 335 g/mol. The third-order valence-corrected chi connectivity index (χ3v) is 5.41. The number of nitrogens with zero attached hydrogens (tertiary/aromatic N) is 2. The van der Waals surface area contributed by atoms with Crippen LogP contribution in [-0.2, 0) is 10.0 Å². The maximum absolute atomic E-state index is 12.6. The Balaban J connectivity index is 0.00000220. The molecule has 9 heteroatoms. The second-order valence-electron chi connectivity index (χ2n) is 4.88. The molecule has 1 fully saturated rings. The normalized spacial score (nSPS) is 19.8. The third-order valence-electron chi connectivity index (χ3n) is 3.40. The van der Waals surface area contributed by atoms with Crippen molar-refractivity contribution in [2.45, 2.75) is 24.8 Å². The summed E-state index contributed by atoms with van der Waals surface area (Å²) in [6.07, 6.45) is 0. The van der Waals surface area contributed by atoms with E-state index in [-0.39, 0.29) is 34.6 Å². The fourth-order valence-corrected chi connectivity index (χ4v) is 4.11. The van der Waals surface area contributed by atoms with Crippen molar-refractivity contribution in [2.75, 3.05) is 19.6 Å². The van der Waals surface area contributed by atoms with Crippen molar-refractivity contribution >= 4 is 28.1 Å². The molecule has 118 valence electrons. The van der Waals surface area contributed by atoms with Crippen LogP contribution in [0.4, 0.5) is 5.69 Å². The topological polar surface area (TPSA) is 92.5 Å². The lowest BCUT2D eigenvalue weighted by molar-refractivity contribution is -0.385. The van der Waals surface area contributed by atoms with Crippen LogP contribution in [0.2, 0.25) is 0 Å². The van der Waals surface area contributed by atoms with Gasteiger partial charge < -0.3 is 5.32 Å². The summed E-state index contributed by atoms with van der Waals surface area (Å²) in [6.45, 7) is 4.69. The van der Waals surface area contributed by atoms with Crippen molar-refractivity contribution in [3.63, 3.8) is 0 Å². The van der Waals surface area contributed by atoms with Crippen molar-refractivity contribution in [1.29, 1.82) is 0 Å². The van der Waals surface area contributed by atoms with Gasteiger partial charge in [-0.2, -0.15) is 4.31 Å². The number of hydrogen-bond acceptors (Lipinski definition) is 5. The fraction of sp³-hybridized carbons (Fsp3) is 0.500. The molecular weight excluding hydrogens is 318 g/mol. The summed E-state index contributed by atoms with van der Waals surface area (Å²) in [6, 6.07) is 4.21. The van der Waals surface area contributed by atoms with Crippen LogP contribution in [0, 0.1) is 17.0 Å². The van der Waals surface area contributed by atoms with Crippen molar-refractivity contribution in [2.24, 2.45) is 0 Å². The molecule has 1 heterocycles. The highest BCUT2D eigenvalue weighted by Crippen LogP contribution is 2.27. The summed E-state index contributed by atoms with van der Waals surface area (Å²) in [5.74, 6) is 0. The average Bonchev–Trinajstić information content (AvgIpc) is 2.38. The predicted molar refractivity (Wildman–Crippen MR) is 81.3 cm³/mol. The van der Waals surface area contributed by atoms with Gasteiger partial charge in [0.15, 0.2) is 0 Å². The summed E-state index contributed by atoms with van der Waals surface area (Å²) < 4.78 is 26.6. The number of nitro groups is 1. The predicted octanol–water partition coefficient (Wildman–Crippen LogP) is 1.31. The molecule has 1 aliphatic rings. The van der Waals surface area contributed by atoms with E-state index in [1.807, 2.05) is 6.92 Å². The van der Waals surface area contributed by atoms with E-state index in [9.17, 15) is 18.5 Å². The van der Waals surface area contributed by atoms with Gasteiger partial charge in [-0.05, 0) is 19.9 Å². The molecule has 1 aromatic rings. The number of benzene rings is 1. The minimum atomic E-state index is -3.69. The fourth-order valence-electron chi connectivity index (χ4n) is 2.33. The number of rotatable bonds is 3. The Hall–Kier alpha value is -1.22. The van der Waals surface area contributed by atoms with E-state index in [2.05, 4.69) is 5.32 Å². The lowest BCUT2D eigenvalue weighted by Crippen LogP contribution is -2.51. The Morgan fingerprint density at radius 1 is 1.43 bits per heavy atom. The molecule has 0 saturated carbocycles. The number of sulfonamides is 1. The molecule has 0 amide bonds. The zero-order valence-electron chi connectivity index (χ0n) is 11.8. The Labute approximate surface area is 129 Å². The van der Waals surface area contributed by atoms with Gasteiger partial charge >= 0.3 is 0 Å². The molecule has 0 spiro atoms. The van der Waals surface area contributed by atoms with Crippen LogP contribution in [0.25, 0.3) is 0 Å². The highest BCUT2D eigenvalue weighted by Gasteiger charge is 2.31. The van der Waals surface area contributed by atoms with E-state index >= 15 is 0 Å². The van der Waals surface area contributed by atoms with Gasteiger partial charge in [-0.15, -0.1) is 12.4 Å². The SMILES string of the molecule is Cc1c([N+](=O)[O-])cccc1S(=O)(=O)N1CCNC(C)C1.Cl. The maximum Gasteiger partial charge on any atom is 0.273 e. The second-order valence-corrected chi connectivity index (χ2v) is 6.78. The van der Waals surface area contributed by atoms with E-state index < -0.39 is 14.9 Å². The first-order chi connectivity index (χ1) is 9.34. The minimum absolute atomic E-state index is 0. The van der Waals surface area contributed by atoms with E-state index in [1.54, 1.807) is 0 Å². The zero-order valence-corrected chi connectivity index (χ0v) is 13.4. The first-order valence-corrected chi connectivity index (χ1v) is 7.75. The van der Waals surface area contributed by atoms with Gasteiger partial charge in [-0.1, -0.05) is 6.07 Å². The van der Waals surface area contributed by atoms with Crippen LogP contribution in [0.5, 0.6) is 0 Å².